The lowest BCUT2D eigenvalue weighted by atomic mass is 10.1. The highest BCUT2D eigenvalue weighted by Crippen LogP contribution is 2.24. The molecule has 0 aromatic heterocycles. The number of carbonyl (C=O) groups is 3. The minimum atomic E-state index is -0.596. The summed E-state index contributed by atoms with van der Waals surface area (Å²) < 4.78 is 5.50. The van der Waals surface area contributed by atoms with E-state index in [-0.39, 0.29) is 11.8 Å². The van der Waals surface area contributed by atoms with E-state index in [1.807, 2.05) is 43.9 Å². The quantitative estimate of drug-likeness (QED) is 0.653. The first kappa shape index (κ1) is 25.3. The van der Waals surface area contributed by atoms with Crippen molar-refractivity contribution in [3.8, 4) is 0 Å². The van der Waals surface area contributed by atoms with Crippen LogP contribution < -0.4 is 4.90 Å². The Morgan fingerprint density at radius 1 is 0.886 bits per heavy atom. The number of anilines is 1. The van der Waals surface area contributed by atoms with Crippen molar-refractivity contribution in [1.82, 2.24) is 19.6 Å². The topological polar surface area (TPSA) is 76.6 Å². The normalized spacial score (nSPS) is 21.9. The van der Waals surface area contributed by atoms with Gasteiger partial charge in [0.1, 0.15) is 11.6 Å². The van der Waals surface area contributed by atoms with Gasteiger partial charge in [0.15, 0.2) is 0 Å². The number of ether oxygens (including phenoxy) is 1. The average molecular weight is 486 g/mol. The highest BCUT2D eigenvalue weighted by atomic mass is 16.6. The summed E-state index contributed by atoms with van der Waals surface area (Å²) in [6, 6.07) is 7.40. The molecule has 3 aliphatic rings. The van der Waals surface area contributed by atoms with Crippen LogP contribution in [0.3, 0.4) is 0 Å². The summed E-state index contributed by atoms with van der Waals surface area (Å²) in [4.78, 5) is 48.9. The first-order valence-electron chi connectivity index (χ1n) is 12.7. The Morgan fingerprint density at radius 3 is 2.20 bits per heavy atom. The fourth-order valence-corrected chi connectivity index (χ4v) is 4.99. The average Bonchev–Trinajstić information content (AvgIpc) is 3.33. The molecule has 3 heterocycles. The molecule has 0 unspecified atom stereocenters. The monoisotopic (exact) mass is 485 g/mol. The molecule has 0 spiro atoms. The molecule has 0 saturated carbocycles. The van der Waals surface area contributed by atoms with Crippen molar-refractivity contribution >= 4 is 23.6 Å². The molecule has 4 rings (SSSR count). The molecule has 3 amide bonds. The van der Waals surface area contributed by atoms with E-state index in [0.29, 0.717) is 44.7 Å². The van der Waals surface area contributed by atoms with Crippen LogP contribution in [-0.2, 0) is 9.53 Å². The zero-order chi connectivity index (χ0) is 25.2. The number of likely N-dealkylation sites (N-methyl/N-ethyl adjacent to an activating group) is 1. The van der Waals surface area contributed by atoms with Crippen molar-refractivity contribution in [1.29, 1.82) is 0 Å². The zero-order valence-electron chi connectivity index (χ0n) is 21.5. The first-order chi connectivity index (χ1) is 16.6. The predicted molar refractivity (Wildman–Crippen MR) is 135 cm³/mol. The van der Waals surface area contributed by atoms with Crippen LogP contribution in [0.2, 0.25) is 0 Å². The van der Waals surface area contributed by atoms with Gasteiger partial charge in [0.25, 0.3) is 5.91 Å². The van der Waals surface area contributed by atoms with Gasteiger partial charge in [-0.3, -0.25) is 14.5 Å². The maximum absolute atomic E-state index is 13.2. The maximum Gasteiger partial charge on any atom is 0.410 e. The van der Waals surface area contributed by atoms with E-state index in [1.165, 1.54) is 0 Å². The summed E-state index contributed by atoms with van der Waals surface area (Å²) in [5, 5.41) is 0. The molecule has 3 aliphatic heterocycles. The number of piperazine rings is 2. The van der Waals surface area contributed by atoms with Crippen LogP contribution in [0.5, 0.6) is 0 Å². The summed E-state index contributed by atoms with van der Waals surface area (Å²) in [7, 11) is 2.13. The van der Waals surface area contributed by atoms with Crippen LogP contribution in [0.4, 0.5) is 10.5 Å². The lowest BCUT2D eigenvalue weighted by molar-refractivity contribution is -0.137. The van der Waals surface area contributed by atoms with Crippen LogP contribution in [0, 0.1) is 0 Å². The molecule has 3 fully saturated rings. The second kappa shape index (κ2) is 10.4. The molecule has 1 atom stereocenters. The third kappa shape index (κ3) is 6.07. The molecular weight excluding hydrogens is 446 g/mol. The van der Waals surface area contributed by atoms with Crippen molar-refractivity contribution in [2.75, 3.05) is 70.9 Å². The van der Waals surface area contributed by atoms with Gasteiger partial charge in [-0.1, -0.05) is 6.07 Å². The summed E-state index contributed by atoms with van der Waals surface area (Å²) >= 11 is 0. The van der Waals surface area contributed by atoms with Crippen molar-refractivity contribution in [3.63, 3.8) is 0 Å². The van der Waals surface area contributed by atoms with Crippen molar-refractivity contribution in [2.24, 2.45) is 0 Å². The number of carbonyl (C=O) groups excluding carboxylic acids is 3. The Morgan fingerprint density at radius 2 is 1.54 bits per heavy atom. The molecule has 9 nitrogen and oxygen atoms in total. The third-order valence-electron chi connectivity index (χ3n) is 7.01. The van der Waals surface area contributed by atoms with Gasteiger partial charge in [0.05, 0.1) is 0 Å². The van der Waals surface area contributed by atoms with E-state index >= 15 is 0 Å². The minimum Gasteiger partial charge on any atom is -0.444 e. The van der Waals surface area contributed by atoms with Crippen molar-refractivity contribution in [2.45, 2.75) is 45.3 Å². The third-order valence-corrected chi connectivity index (χ3v) is 7.01. The molecule has 0 radical (unpaired) electrons. The van der Waals surface area contributed by atoms with Crippen molar-refractivity contribution in [3.05, 3.63) is 29.8 Å². The van der Waals surface area contributed by atoms with Gasteiger partial charge >= 0.3 is 6.09 Å². The standard InChI is InChI=1S/C26H39N5O4/c1-26(2,3)35-25(34)31-10-6-9-22(31)24(33)30-17-15-29(16-18-30)23(32)20-7-5-8-21(19-20)28-13-11-27(4)12-14-28/h5,7-8,19,22H,6,9-18H2,1-4H3/t22-/m0/s1. The Hall–Kier alpha value is -2.81. The summed E-state index contributed by atoms with van der Waals surface area (Å²) in [5.74, 6) is -0.0400. The molecule has 0 aliphatic carbocycles. The fourth-order valence-electron chi connectivity index (χ4n) is 4.99. The van der Waals surface area contributed by atoms with E-state index in [2.05, 4.69) is 22.9 Å². The minimum absolute atomic E-state index is 0.00400. The number of nitrogens with zero attached hydrogens (tertiary/aromatic N) is 5. The molecule has 0 bridgehead atoms. The smallest absolute Gasteiger partial charge is 0.410 e. The number of rotatable bonds is 3. The maximum atomic E-state index is 13.2. The van der Waals surface area contributed by atoms with E-state index in [1.54, 1.807) is 9.80 Å². The van der Waals surface area contributed by atoms with E-state index in [4.69, 9.17) is 4.74 Å². The number of amides is 3. The van der Waals surface area contributed by atoms with Gasteiger partial charge in [-0.25, -0.2) is 4.79 Å². The molecule has 192 valence electrons. The van der Waals surface area contributed by atoms with E-state index in [9.17, 15) is 14.4 Å². The summed E-state index contributed by atoms with van der Waals surface area (Å²) in [5.41, 5.74) is 1.18. The van der Waals surface area contributed by atoms with Gasteiger partial charge in [-0.2, -0.15) is 0 Å². The van der Waals surface area contributed by atoms with E-state index < -0.39 is 17.7 Å². The van der Waals surface area contributed by atoms with Gasteiger partial charge in [0.2, 0.25) is 5.91 Å². The molecule has 1 aromatic carbocycles. The van der Waals surface area contributed by atoms with Gasteiger partial charge in [0, 0.05) is 70.2 Å². The second-order valence-corrected chi connectivity index (χ2v) is 10.8. The zero-order valence-corrected chi connectivity index (χ0v) is 21.5. The summed E-state index contributed by atoms with van der Waals surface area (Å²) in [6.45, 7) is 11.9. The molecule has 35 heavy (non-hydrogen) atoms. The van der Waals surface area contributed by atoms with E-state index in [0.717, 1.165) is 38.3 Å². The van der Waals surface area contributed by atoms with Crippen LogP contribution in [0.15, 0.2) is 24.3 Å². The molecular formula is C26H39N5O4. The summed E-state index contributed by atoms with van der Waals surface area (Å²) in [6.07, 6.45) is 1.01. The van der Waals surface area contributed by atoms with Crippen molar-refractivity contribution < 1.29 is 19.1 Å². The lowest BCUT2D eigenvalue weighted by Crippen LogP contribution is -2.55. The largest absolute Gasteiger partial charge is 0.444 e. The highest BCUT2D eigenvalue weighted by Gasteiger charge is 2.39. The SMILES string of the molecule is CN1CCN(c2cccc(C(=O)N3CCN(C(=O)[C@@H]4CCCN4C(=O)OC(C)(C)C)CC3)c2)CC1. The number of benzene rings is 1. The Balaban J connectivity index is 1.33. The number of hydrogen-bond acceptors (Lipinski definition) is 6. The second-order valence-electron chi connectivity index (χ2n) is 10.8. The fraction of sp³-hybridized carbons (Fsp3) is 0.654. The lowest BCUT2D eigenvalue weighted by Gasteiger charge is -2.37. The number of hydrogen-bond donors (Lipinski definition) is 0. The molecule has 3 saturated heterocycles. The Kier molecular flexibility index (Phi) is 7.54. The van der Waals surface area contributed by atoms with Crippen LogP contribution in [0.1, 0.15) is 44.0 Å². The van der Waals surface area contributed by atoms with Gasteiger partial charge in [-0.05, 0) is 58.9 Å². The predicted octanol–water partition coefficient (Wildman–Crippen LogP) is 2.12. The molecule has 9 heteroatoms. The highest BCUT2D eigenvalue weighted by molar-refractivity contribution is 5.95. The van der Waals surface area contributed by atoms with Gasteiger partial charge < -0.3 is 24.3 Å². The molecule has 0 N–H and O–H groups in total. The Bertz CT molecular complexity index is 930. The Labute approximate surface area is 208 Å². The first-order valence-corrected chi connectivity index (χ1v) is 12.7. The van der Waals surface area contributed by atoms with Crippen LogP contribution in [0.25, 0.3) is 0 Å². The molecule has 1 aromatic rings. The van der Waals surface area contributed by atoms with Gasteiger partial charge in [-0.15, -0.1) is 0 Å². The van der Waals surface area contributed by atoms with Crippen LogP contribution in [-0.4, -0.2) is 115 Å². The number of likely N-dealkylation sites (tertiary alicyclic amines) is 1. The van der Waals surface area contributed by atoms with Crippen LogP contribution >= 0.6 is 0 Å².